The molecule has 2 N–H and O–H groups in total. The molecule has 0 radical (unpaired) electrons. The number of carboxylic acids is 1. The second-order valence-corrected chi connectivity index (χ2v) is 11.2. The van der Waals surface area contributed by atoms with E-state index < -0.39 is 29.1 Å². The van der Waals surface area contributed by atoms with Crippen LogP contribution in [0.25, 0.3) is 11.1 Å². The van der Waals surface area contributed by atoms with Gasteiger partial charge in [0.1, 0.15) is 23.3 Å². The number of carbonyl (C=O) groups excluding carboxylic acids is 1. The molecular weight excluding hydrogens is 529 g/mol. The van der Waals surface area contributed by atoms with Gasteiger partial charge in [0.2, 0.25) is 0 Å². The first kappa shape index (κ1) is 32.0. The number of aliphatic carboxylic acids is 1. The van der Waals surface area contributed by atoms with Gasteiger partial charge in [0, 0.05) is 12.0 Å². The number of carbonyl (C=O) groups is 2. The summed E-state index contributed by atoms with van der Waals surface area (Å²) in [5.74, 6) is 0.134. The molecule has 41 heavy (non-hydrogen) atoms. The number of hydrogen-bond donors (Lipinski definition) is 2. The van der Waals surface area contributed by atoms with Gasteiger partial charge in [-0.25, -0.2) is 4.79 Å². The number of amides is 1. The second-order valence-electron chi connectivity index (χ2n) is 9.69. The van der Waals surface area contributed by atoms with Crippen LogP contribution in [-0.4, -0.2) is 58.4 Å². The summed E-state index contributed by atoms with van der Waals surface area (Å²) in [4.78, 5) is 25.1. The summed E-state index contributed by atoms with van der Waals surface area (Å²) >= 11 is -1.16. The number of para-hydroxylation sites is 1. The average Bonchev–Trinajstić information content (AvgIpc) is 2.94. The Kier molecular flexibility index (Phi) is 12.1. The Morgan fingerprint density at radius 2 is 1.51 bits per heavy atom. The van der Waals surface area contributed by atoms with Crippen molar-refractivity contribution in [2.24, 2.45) is 0 Å². The molecule has 0 saturated heterocycles. The third-order valence-electron chi connectivity index (χ3n) is 6.64. The number of hydrogen-bond acceptors (Lipinski definition) is 4. The molecule has 0 fully saturated rings. The molecule has 4 rings (SSSR count). The Hall–Kier alpha value is -3.47. The second kappa shape index (κ2) is 15.5. The molecule has 1 amide bonds. The van der Waals surface area contributed by atoms with Gasteiger partial charge in [0.05, 0.1) is 6.26 Å². The first-order valence-electron chi connectivity index (χ1n) is 13.1. The van der Waals surface area contributed by atoms with Gasteiger partial charge in [-0.15, -0.1) is 0 Å². The fourth-order valence-electron chi connectivity index (χ4n) is 4.50. The minimum absolute atomic E-state index is 0. The monoisotopic (exact) mass is 563 g/mol. The van der Waals surface area contributed by atoms with Crippen LogP contribution in [0, 0.1) is 6.92 Å². The van der Waals surface area contributed by atoms with E-state index >= 15 is 0 Å². The molecule has 2 unspecified atom stereocenters. The van der Waals surface area contributed by atoms with Gasteiger partial charge in [-0.2, -0.15) is 0 Å². The predicted octanol–water partition coefficient (Wildman–Crippen LogP) is 5.54. The number of carboxylic acid groups (broad SMARTS) is 1. The first-order chi connectivity index (χ1) is 19.3. The van der Waals surface area contributed by atoms with Crippen molar-refractivity contribution >= 4 is 41.9 Å². The summed E-state index contributed by atoms with van der Waals surface area (Å²) in [6, 6.07) is 30.0. The van der Waals surface area contributed by atoms with Crippen molar-refractivity contribution in [1.29, 1.82) is 0 Å². The molecule has 0 aromatic heterocycles. The standard InChI is InChI=1S/C33H33NO5S.Li.H/c1-23-9-6-7-14-28(23)30-22-25(17-18-29(30)32(35)34-31(33(36)37)19-20-40(2)38)16-15-24-10-8-13-27(21-24)39-26-11-4-3-5-12-26;;/h3-14,17-18,21-22,31H,15-16,19-20H2,1-2H3,(H,34,35)(H,36,37);;. The van der Waals surface area contributed by atoms with E-state index in [2.05, 4.69) is 11.4 Å². The average molecular weight is 564 g/mol. The maximum atomic E-state index is 13.3. The molecule has 4 aromatic rings. The molecular formula is C33H34LiNO5S. The van der Waals surface area contributed by atoms with Crippen molar-refractivity contribution < 1.29 is 24.0 Å². The normalized spacial score (nSPS) is 12.1. The van der Waals surface area contributed by atoms with Gasteiger partial charge in [0.25, 0.3) is 5.91 Å². The summed E-state index contributed by atoms with van der Waals surface area (Å²) in [6.07, 6.45) is 3.13. The van der Waals surface area contributed by atoms with Crippen molar-refractivity contribution in [3.63, 3.8) is 0 Å². The molecule has 4 aromatic carbocycles. The zero-order valence-corrected chi connectivity index (χ0v) is 23.4. The third kappa shape index (κ3) is 9.27. The summed E-state index contributed by atoms with van der Waals surface area (Å²) in [7, 11) is 0. The van der Waals surface area contributed by atoms with Crippen LogP contribution in [0.5, 0.6) is 11.5 Å². The Balaban J connectivity index is 0.00000462. The zero-order valence-electron chi connectivity index (χ0n) is 22.6. The minimum atomic E-state index is -1.16. The van der Waals surface area contributed by atoms with E-state index in [0.717, 1.165) is 52.2 Å². The van der Waals surface area contributed by atoms with Gasteiger partial charge in [0.15, 0.2) is 0 Å². The fourth-order valence-corrected chi connectivity index (χ4v) is 5.07. The molecule has 0 aliphatic carbocycles. The first-order valence-corrected chi connectivity index (χ1v) is 14.9. The van der Waals surface area contributed by atoms with Crippen molar-refractivity contribution in [2.45, 2.75) is 32.2 Å². The van der Waals surface area contributed by atoms with E-state index in [1.165, 1.54) is 6.26 Å². The Morgan fingerprint density at radius 3 is 2.20 bits per heavy atom. The van der Waals surface area contributed by atoms with Gasteiger partial charge in [-0.1, -0.05) is 77.9 Å². The fraction of sp³-hybridized carbons (Fsp3) is 0.212. The van der Waals surface area contributed by atoms with Gasteiger partial charge in [-0.3, -0.25) is 4.79 Å². The molecule has 8 heteroatoms. The van der Waals surface area contributed by atoms with Crippen LogP contribution in [0.3, 0.4) is 0 Å². The van der Waals surface area contributed by atoms with Crippen molar-refractivity contribution in [3.05, 3.63) is 119 Å². The SMILES string of the molecule is Cc1ccccc1-c1cc(CCc2cccc(Oc3ccccc3)c2)ccc1C(=O)NC(CC[S+](C)[O-])C(=O)O.[LiH]. The molecule has 208 valence electrons. The van der Waals surface area contributed by atoms with Crippen LogP contribution < -0.4 is 10.1 Å². The van der Waals surface area contributed by atoms with E-state index in [0.29, 0.717) is 5.56 Å². The van der Waals surface area contributed by atoms with Crippen LogP contribution >= 0.6 is 0 Å². The van der Waals surface area contributed by atoms with Gasteiger partial charge >= 0.3 is 24.8 Å². The molecule has 0 heterocycles. The molecule has 2 atom stereocenters. The van der Waals surface area contributed by atoms with Crippen molar-refractivity contribution in [2.75, 3.05) is 12.0 Å². The van der Waals surface area contributed by atoms with Gasteiger partial charge in [-0.05, 0) is 77.9 Å². The van der Waals surface area contributed by atoms with Crippen molar-refractivity contribution in [1.82, 2.24) is 5.32 Å². The van der Waals surface area contributed by atoms with E-state index in [9.17, 15) is 19.2 Å². The van der Waals surface area contributed by atoms with E-state index in [-0.39, 0.29) is 31.0 Å². The Labute approximate surface area is 256 Å². The number of ether oxygens (including phenoxy) is 1. The molecule has 0 bridgehead atoms. The Morgan fingerprint density at radius 1 is 0.854 bits per heavy atom. The maximum absolute atomic E-state index is 13.3. The number of benzene rings is 4. The van der Waals surface area contributed by atoms with Crippen molar-refractivity contribution in [3.8, 4) is 22.6 Å². The topological polar surface area (TPSA) is 98.7 Å². The zero-order chi connectivity index (χ0) is 28.5. The molecule has 0 saturated carbocycles. The van der Waals surface area contributed by atoms with Crippen LogP contribution in [0.15, 0.2) is 97.1 Å². The summed E-state index contributed by atoms with van der Waals surface area (Å²) < 4.78 is 17.5. The summed E-state index contributed by atoms with van der Waals surface area (Å²) in [5.41, 5.74) is 5.26. The Bertz CT molecular complexity index is 1460. The quantitative estimate of drug-likeness (QED) is 0.174. The summed E-state index contributed by atoms with van der Waals surface area (Å²) in [6.45, 7) is 1.98. The van der Waals surface area contributed by atoms with Crippen LogP contribution in [-0.2, 0) is 28.8 Å². The van der Waals surface area contributed by atoms with Gasteiger partial charge < -0.3 is 19.7 Å². The number of rotatable bonds is 12. The molecule has 0 aliphatic rings. The van der Waals surface area contributed by atoms with Crippen LogP contribution in [0.4, 0.5) is 0 Å². The third-order valence-corrected chi connectivity index (χ3v) is 7.45. The number of nitrogens with one attached hydrogen (secondary N) is 1. The molecule has 0 aliphatic heterocycles. The van der Waals surface area contributed by atoms with Crippen LogP contribution in [0.2, 0.25) is 0 Å². The summed E-state index contributed by atoms with van der Waals surface area (Å²) in [5, 5.41) is 12.2. The number of aryl methyl sites for hydroxylation is 3. The predicted molar refractivity (Wildman–Crippen MR) is 167 cm³/mol. The van der Waals surface area contributed by atoms with E-state index in [1.807, 2.05) is 91.9 Å². The van der Waals surface area contributed by atoms with Crippen LogP contribution in [0.1, 0.15) is 33.5 Å². The van der Waals surface area contributed by atoms with E-state index in [4.69, 9.17) is 4.74 Å². The van der Waals surface area contributed by atoms with E-state index in [1.54, 1.807) is 6.07 Å². The molecule has 6 nitrogen and oxygen atoms in total. The molecule has 0 spiro atoms.